The molecule has 0 spiro atoms. The van der Waals surface area contributed by atoms with E-state index < -0.39 is 0 Å². The van der Waals surface area contributed by atoms with Gasteiger partial charge in [-0.05, 0) is 18.4 Å². The van der Waals surface area contributed by atoms with E-state index in [4.69, 9.17) is 0 Å². The van der Waals surface area contributed by atoms with Crippen LogP contribution in [0.2, 0.25) is 0 Å². The fourth-order valence-electron chi connectivity index (χ4n) is 2.74. The molecule has 3 heteroatoms. The largest absolute Gasteiger partial charge is 0.234 e. The van der Waals surface area contributed by atoms with Gasteiger partial charge in [0.2, 0.25) is 5.95 Å². The second kappa shape index (κ2) is 7.23. The molecule has 0 fully saturated rings. The van der Waals surface area contributed by atoms with Crippen molar-refractivity contribution in [2.75, 3.05) is 0 Å². The van der Waals surface area contributed by atoms with Gasteiger partial charge in [0, 0.05) is 11.1 Å². The normalized spacial score (nSPS) is 10.9. The number of hydrogen-bond donors (Lipinski definition) is 0. The summed E-state index contributed by atoms with van der Waals surface area (Å²) in [5, 5.41) is 4.57. The van der Waals surface area contributed by atoms with Crippen LogP contribution in [0.15, 0.2) is 60.7 Å². The third-order valence-electron chi connectivity index (χ3n) is 3.98. The van der Waals surface area contributed by atoms with Gasteiger partial charge in [0.25, 0.3) is 0 Å². The minimum absolute atomic E-state index is 0.207. The van der Waals surface area contributed by atoms with Crippen LogP contribution in [0.5, 0.6) is 0 Å². The van der Waals surface area contributed by atoms with Crippen molar-refractivity contribution in [1.29, 1.82) is 0 Å². The SMILES string of the molecule is CCCCc1c(-c2ccccc2)nn(Cc2ccccc2)c1F. The molecule has 0 bridgehead atoms. The van der Waals surface area contributed by atoms with Crippen LogP contribution in [0.1, 0.15) is 30.9 Å². The van der Waals surface area contributed by atoms with Crippen LogP contribution < -0.4 is 0 Å². The first-order valence-corrected chi connectivity index (χ1v) is 8.14. The Morgan fingerprint density at radius 2 is 1.61 bits per heavy atom. The summed E-state index contributed by atoms with van der Waals surface area (Å²) in [6.07, 6.45) is 2.73. The van der Waals surface area contributed by atoms with Gasteiger partial charge in [0.05, 0.1) is 12.2 Å². The summed E-state index contributed by atoms with van der Waals surface area (Å²) in [5.41, 5.74) is 3.53. The average molecular weight is 308 g/mol. The van der Waals surface area contributed by atoms with E-state index in [1.807, 2.05) is 60.7 Å². The second-order valence-electron chi connectivity index (χ2n) is 5.73. The Morgan fingerprint density at radius 3 is 2.26 bits per heavy atom. The Hall–Kier alpha value is -2.42. The summed E-state index contributed by atoms with van der Waals surface area (Å²) in [4.78, 5) is 0. The third kappa shape index (κ3) is 3.50. The molecule has 0 N–H and O–H groups in total. The molecule has 2 nitrogen and oxygen atoms in total. The zero-order valence-corrected chi connectivity index (χ0v) is 13.4. The first kappa shape index (κ1) is 15.5. The quantitative estimate of drug-likeness (QED) is 0.621. The maximum Gasteiger partial charge on any atom is 0.215 e. The molecular weight excluding hydrogens is 287 g/mol. The van der Waals surface area contributed by atoms with Gasteiger partial charge >= 0.3 is 0 Å². The zero-order chi connectivity index (χ0) is 16.1. The van der Waals surface area contributed by atoms with Crippen LogP contribution in [-0.2, 0) is 13.0 Å². The summed E-state index contributed by atoms with van der Waals surface area (Å²) < 4.78 is 16.4. The van der Waals surface area contributed by atoms with Crippen molar-refractivity contribution >= 4 is 0 Å². The van der Waals surface area contributed by atoms with Gasteiger partial charge in [-0.1, -0.05) is 74.0 Å². The van der Waals surface area contributed by atoms with Crippen LogP contribution >= 0.6 is 0 Å². The summed E-state index contributed by atoms with van der Waals surface area (Å²) in [5.74, 6) is -0.207. The number of benzene rings is 2. The molecule has 0 amide bonds. The molecule has 0 aliphatic rings. The van der Waals surface area contributed by atoms with Crippen LogP contribution in [0.25, 0.3) is 11.3 Å². The van der Waals surface area contributed by atoms with E-state index in [0.717, 1.165) is 41.6 Å². The van der Waals surface area contributed by atoms with E-state index in [1.54, 1.807) is 0 Å². The Kier molecular flexibility index (Phi) is 4.86. The molecule has 0 radical (unpaired) electrons. The van der Waals surface area contributed by atoms with E-state index in [0.29, 0.717) is 6.54 Å². The molecule has 0 unspecified atom stereocenters. The Bertz CT molecular complexity index is 748. The van der Waals surface area contributed by atoms with Crippen LogP contribution in [0, 0.1) is 5.95 Å². The van der Waals surface area contributed by atoms with Gasteiger partial charge in [0.15, 0.2) is 0 Å². The lowest BCUT2D eigenvalue weighted by Gasteiger charge is -2.02. The predicted octanol–water partition coefficient (Wildman–Crippen LogP) is 5.08. The molecule has 0 atom stereocenters. The van der Waals surface area contributed by atoms with Crippen molar-refractivity contribution in [3.63, 3.8) is 0 Å². The highest BCUT2D eigenvalue weighted by molar-refractivity contribution is 5.62. The monoisotopic (exact) mass is 308 g/mol. The maximum atomic E-state index is 14.9. The summed E-state index contributed by atoms with van der Waals surface area (Å²) in [6.45, 7) is 2.58. The number of hydrogen-bond acceptors (Lipinski definition) is 1. The topological polar surface area (TPSA) is 17.8 Å². The number of unbranched alkanes of at least 4 members (excludes halogenated alkanes) is 1. The van der Waals surface area contributed by atoms with E-state index >= 15 is 0 Å². The smallest absolute Gasteiger partial charge is 0.215 e. The Labute approximate surface area is 136 Å². The van der Waals surface area contributed by atoms with E-state index in [9.17, 15) is 4.39 Å². The number of rotatable bonds is 6. The Morgan fingerprint density at radius 1 is 0.957 bits per heavy atom. The lowest BCUT2D eigenvalue weighted by atomic mass is 10.0. The highest BCUT2D eigenvalue weighted by atomic mass is 19.1. The van der Waals surface area contributed by atoms with E-state index in [2.05, 4.69) is 12.0 Å². The second-order valence-corrected chi connectivity index (χ2v) is 5.73. The molecule has 1 aromatic heterocycles. The fourth-order valence-corrected chi connectivity index (χ4v) is 2.74. The van der Waals surface area contributed by atoms with Gasteiger partial charge in [-0.2, -0.15) is 9.49 Å². The van der Waals surface area contributed by atoms with Gasteiger partial charge < -0.3 is 0 Å². The summed E-state index contributed by atoms with van der Waals surface area (Å²) in [6, 6.07) is 19.8. The van der Waals surface area contributed by atoms with Gasteiger partial charge in [-0.15, -0.1) is 0 Å². The van der Waals surface area contributed by atoms with Gasteiger partial charge in [-0.25, -0.2) is 4.68 Å². The lowest BCUT2D eigenvalue weighted by molar-refractivity contribution is 0.472. The van der Waals surface area contributed by atoms with E-state index in [-0.39, 0.29) is 5.95 Å². The minimum Gasteiger partial charge on any atom is -0.234 e. The van der Waals surface area contributed by atoms with Crippen LogP contribution in [0.4, 0.5) is 4.39 Å². The predicted molar refractivity (Wildman–Crippen MR) is 91.8 cm³/mol. The third-order valence-corrected chi connectivity index (χ3v) is 3.98. The zero-order valence-electron chi connectivity index (χ0n) is 13.4. The van der Waals surface area contributed by atoms with Crippen molar-refractivity contribution < 1.29 is 4.39 Å². The molecule has 0 saturated heterocycles. The van der Waals surface area contributed by atoms with Gasteiger partial charge in [-0.3, -0.25) is 0 Å². The van der Waals surface area contributed by atoms with Crippen molar-refractivity contribution in [3.05, 3.63) is 77.7 Å². The average Bonchev–Trinajstić information content (AvgIpc) is 2.91. The number of aromatic nitrogens is 2. The molecule has 2 aromatic carbocycles. The maximum absolute atomic E-state index is 14.9. The van der Waals surface area contributed by atoms with Crippen molar-refractivity contribution in [3.8, 4) is 11.3 Å². The first-order valence-electron chi connectivity index (χ1n) is 8.14. The molecule has 3 rings (SSSR count). The summed E-state index contributed by atoms with van der Waals surface area (Å²) in [7, 11) is 0. The molecular formula is C20H21FN2. The number of nitrogens with zero attached hydrogens (tertiary/aromatic N) is 2. The van der Waals surface area contributed by atoms with Crippen LogP contribution in [0.3, 0.4) is 0 Å². The summed E-state index contributed by atoms with van der Waals surface area (Å²) >= 11 is 0. The molecule has 118 valence electrons. The molecule has 0 aliphatic carbocycles. The highest BCUT2D eigenvalue weighted by Crippen LogP contribution is 2.26. The minimum atomic E-state index is -0.207. The fraction of sp³-hybridized carbons (Fsp3) is 0.250. The first-order chi connectivity index (χ1) is 11.3. The lowest BCUT2D eigenvalue weighted by Crippen LogP contribution is -2.05. The molecule has 1 heterocycles. The molecule has 0 saturated carbocycles. The molecule has 0 aliphatic heterocycles. The standard InChI is InChI=1S/C20H21FN2/c1-2-3-14-18-19(17-12-8-5-9-13-17)22-23(20(18)21)15-16-10-6-4-7-11-16/h4-13H,2-3,14-15H2,1H3. The van der Waals surface area contributed by atoms with Crippen molar-refractivity contribution in [2.45, 2.75) is 32.7 Å². The molecule has 23 heavy (non-hydrogen) atoms. The van der Waals surface area contributed by atoms with Crippen molar-refractivity contribution in [1.82, 2.24) is 9.78 Å². The Balaban J connectivity index is 1.99. The van der Waals surface area contributed by atoms with Gasteiger partial charge in [0.1, 0.15) is 0 Å². The van der Waals surface area contributed by atoms with E-state index in [1.165, 1.54) is 4.68 Å². The van der Waals surface area contributed by atoms with Crippen molar-refractivity contribution in [2.24, 2.45) is 0 Å². The highest BCUT2D eigenvalue weighted by Gasteiger charge is 2.18. The van der Waals surface area contributed by atoms with Crippen LogP contribution in [-0.4, -0.2) is 9.78 Å². The molecule has 3 aromatic rings. The number of halogens is 1.